The van der Waals surface area contributed by atoms with Gasteiger partial charge in [-0.05, 0) is 41.8 Å². The summed E-state index contributed by atoms with van der Waals surface area (Å²) in [4.78, 5) is 60.1. The highest BCUT2D eigenvalue weighted by atomic mass is 16.6. The van der Waals surface area contributed by atoms with Gasteiger partial charge in [-0.1, -0.05) is 0 Å². The van der Waals surface area contributed by atoms with Gasteiger partial charge in [-0.3, -0.25) is 14.4 Å². The van der Waals surface area contributed by atoms with Crippen molar-refractivity contribution < 1.29 is 28.7 Å². The summed E-state index contributed by atoms with van der Waals surface area (Å²) >= 11 is 0. The predicted octanol–water partition coefficient (Wildman–Crippen LogP) is 1.90. The van der Waals surface area contributed by atoms with Crippen molar-refractivity contribution in [2.75, 3.05) is 0 Å². The van der Waals surface area contributed by atoms with E-state index in [0.29, 0.717) is 34.2 Å². The SMILES string of the molecule is O=C1c2cc3c(cc2Cc2cc4c(cc21)C(=O)OC4=O)C(=O)CC3=O. The molecular formula is C19H8O6. The van der Waals surface area contributed by atoms with Crippen LogP contribution in [-0.4, -0.2) is 29.3 Å². The summed E-state index contributed by atoms with van der Waals surface area (Å²) in [6.45, 7) is 0. The highest BCUT2D eigenvalue weighted by Crippen LogP contribution is 2.35. The average Bonchev–Trinajstić information content (AvgIpc) is 3.01. The van der Waals surface area contributed by atoms with Gasteiger partial charge in [0, 0.05) is 22.3 Å². The quantitative estimate of drug-likeness (QED) is 0.461. The molecule has 2 aromatic rings. The first-order chi connectivity index (χ1) is 11.9. The molecule has 2 aliphatic carbocycles. The monoisotopic (exact) mass is 332 g/mol. The van der Waals surface area contributed by atoms with Gasteiger partial charge in [0.2, 0.25) is 0 Å². The number of ether oxygens (including phenoxy) is 1. The predicted molar refractivity (Wildman–Crippen MR) is 82.1 cm³/mol. The van der Waals surface area contributed by atoms with Crippen molar-refractivity contribution in [2.45, 2.75) is 12.8 Å². The number of carbonyl (C=O) groups excluding carboxylic acids is 5. The van der Waals surface area contributed by atoms with Gasteiger partial charge >= 0.3 is 11.9 Å². The summed E-state index contributed by atoms with van der Waals surface area (Å²) in [5, 5.41) is 0. The second-order valence-electron chi connectivity index (χ2n) is 6.32. The molecule has 6 heteroatoms. The smallest absolute Gasteiger partial charge is 0.346 e. The lowest BCUT2D eigenvalue weighted by Crippen LogP contribution is -2.17. The fourth-order valence-corrected chi connectivity index (χ4v) is 3.68. The van der Waals surface area contributed by atoms with E-state index < -0.39 is 11.9 Å². The molecule has 5 rings (SSSR count). The van der Waals surface area contributed by atoms with E-state index in [1.165, 1.54) is 18.2 Å². The van der Waals surface area contributed by atoms with Crippen molar-refractivity contribution in [3.05, 3.63) is 68.8 Å². The molecule has 0 unspecified atom stereocenters. The molecule has 0 bridgehead atoms. The Kier molecular flexibility index (Phi) is 2.44. The first kappa shape index (κ1) is 14.0. The molecular weight excluding hydrogens is 324 g/mol. The standard InChI is InChI=1S/C19H8O6/c20-15-6-16(21)12-4-9-7(2-11(12)15)1-8-3-13-14(5-10(8)17(9)22)19(24)25-18(13)23/h2-5H,1,6H2. The van der Waals surface area contributed by atoms with Crippen LogP contribution in [0, 0.1) is 0 Å². The molecule has 0 saturated heterocycles. The summed E-state index contributed by atoms with van der Waals surface area (Å²) in [6.07, 6.45) is 0.161. The number of esters is 2. The number of hydrogen-bond acceptors (Lipinski definition) is 6. The van der Waals surface area contributed by atoms with Crippen LogP contribution >= 0.6 is 0 Å². The fraction of sp³-hybridized carbons (Fsp3) is 0.105. The Balaban J connectivity index is 1.72. The summed E-state index contributed by atoms with van der Waals surface area (Å²) in [7, 11) is 0. The lowest BCUT2D eigenvalue weighted by molar-refractivity contribution is 0.0443. The molecule has 25 heavy (non-hydrogen) atoms. The van der Waals surface area contributed by atoms with Crippen LogP contribution in [0.2, 0.25) is 0 Å². The maximum atomic E-state index is 12.9. The summed E-state index contributed by atoms with van der Waals surface area (Å²) in [5.41, 5.74) is 2.74. The Morgan fingerprint density at radius 1 is 0.560 bits per heavy atom. The van der Waals surface area contributed by atoms with E-state index >= 15 is 0 Å². The first-order valence-electron chi connectivity index (χ1n) is 7.65. The van der Waals surface area contributed by atoms with Crippen LogP contribution in [0.15, 0.2) is 24.3 Å². The van der Waals surface area contributed by atoms with Gasteiger partial charge in [0.05, 0.1) is 17.5 Å². The third-order valence-corrected chi connectivity index (χ3v) is 4.90. The van der Waals surface area contributed by atoms with Gasteiger partial charge in [0.15, 0.2) is 17.3 Å². The molecule has 1 aliphatic heterocycles. The minimum Gasteiger partial charge on any atom is -0.386 e. The molecule has 0 saturated carbocycles. The molecule has 0 atom stereocenters. The number of Topliss-reactive ketones (excluding diaryl/α,β-unsaturated/α-hetero) is 2. The van der Waals surface area contributed by atoms with Crippen molar-refractivity contribution in [3.8, 4) is 0 Å². The van der Waals surface area contributed by atoms with Gasteiger partial charge in [-0.25, -0.2) is 9.59 Å². The van der Waals surface area contributed by atoms with E-state index in [9.17, 15) is 24.0 Å². The minimum atomic E-state index is -0.767. The van der Waals surface area contributed by atoms with Gasteiger partial charge in [0.1, 0.15) is 0 Å². The maximum absolute atomic E-state index is 12.9. The Labute approximate surface area is 140 Å². The van der Waals surface area contributed by atoms with E-state index in [-0.39, 0.29) is 40.5 Å². The molecule has 6 nitrogen and oxygen atoms in total. The number of fused-ring (bicyclic) bond motifs is 4. The second kappa shape index (κ2) is 4.36. The molecule has 0 spiro atoms. The largest absolute Gasteiger partial charge is 0.386 e. The molecule has 0 radical (unpaired) electrons. The second-order valence-corrected chi connectivity index (χ2v) is 6.32. The zero-order valence-electron chi connectivity index (χ0n) is 12.7. The number of benzene rings is 2. The van der Waals surface area contributed by atoms with E-state index in [2.05, 4.69) is 4.74 Å². The van der Waals surface area contributed by atoms with Crippen LogP contribution in [0.25, 0.3) is 0 Å². The highest BCUT2D eigenvalue weighted by Gasteiger charge is 2.36. The van der Waals surface area contributed by atoms with Gasteiger partial charge in [-0.15, -0.1) is 0 Å². The van der Waals surface area contributed by atoms with Crippen molar-refractivity contribution in [1.82, 2.24) is 0 Å². The van der Waals surface area contributed by atoms with E-state index in [1.54, 1.807) is 6.07 Å². The molecule has 0 aromatic heterocycles. The summed E-state index contributed by atoms with van der Waals surface area (Å²) < 4.78 is 4.58. The number of carbonyl (C=O) groups is 5. The lowest BCUT2D eigenvalue weighted by Gasteiger charge is -2.20. The van der Waals surface area contributed by atoms with Crippen LogP contribution in [0.1, 0.15) is 74.9 Å². The Morgan fingerprint density at radius 3 is 1.68 bits per heavy atom. The molecule has 3 aliphatic rings. The van der Waals surface area contributed by atoms with Crippen molar-refractivity contribution >= 4 is 29.3 Å². The minimum absolute atomic E-state index is 0.0768. The Hall–Kier alpha value is -3.41. The summed E-state index contributed by atoms with van der Waals surface area (Å²) in [5.74, 6) is -2.36. The van der Waals surface area contributed by atoms with E-state index in [4.69, 9.17) is 0 Å². The molecule has 120 valence electrons. The van der Waals surface area contributed by atoms with Crippen LogP contribution in [0.5, 0.6) is 0 Å². The van der Waals surface area contributed by atoms with Gasteiger partial charge < -0.3 is 4.74 Å². The molecule has 0 N–H and O–H groups in total. The Bertz CT molecular complexity index is 1020. The zero-order valence-corrected chi connectivity index (χ0v) is 12.7. The third-order valence-electron chi connectivity index (χ3n) is 4.90. The number of ketones is 3. The normalized spacial score (nSPS) is 17.2. The van der Waals surface area contributed by atoms with Crippen molar-refractivity contribution in [3.63, 3.8) is 0 Å². The van der Waals surface area contributed by atoms with Crippen LogP contribution in [0.3, 0.4) is 0 Å². The maximum Gasteiger partial charge on any atom is 0.346 e. The van der Waals surface area contributed by atoms with Gasteiger partial charge in [-0.2, -0.15) is 0 Å². The van der Waals surface area contributed by atoms with E-state index in [0.717, 1.165) is 0 Å². The summed E-state index contributed by atoms with van der Waals surface area (Å²) in [6, 6.07) is 5.94. The van der Waals surface area contributed by atoms with Gasteiger partial charge in [0.25, 0.3) is 0 Å². The van der Waals surface area contributed by atoms with Crippen molar-refractivity contribution in [2.24, 2.45) is 0 Å². The number of rotatable bonds is 0. The first-order valence-corrected chi connectivity index (χ1v) is 7.65. The molecule has 1 heterocycles. The zero-order chi connectivity index (χ0) is 17.5. The highest BCUT2D eigenvalue weighted by molar-refractivity contribution is 6.26. The topological polar surface area (TPSA) is 94.6 Å². The van der Waals surface area contributed by atoms with Crippen LogP contribution in [-0.2, 0) is 11.2 Å². The third kappa shape index (κ3) is 1.71. The Morgan fingerprint density at radius 2 is 1.04 bits per heavy atom. The fourth-order valence-electron chi connectivity index (χ4n) is 3.68. The average molecular weight is 332 g/mol. The molecule has 0 amide bonds. The lowest BCUT2D eigenvalue weighted by atomic mass is 9.81. The molecule has 0 fully saturated rings. The number of cyclic esters (lactones) is 2. The van der Waals surface area contributed by atoms with Crippen LogP contribution in [0.4, 0.5) is 0 Å². The number of hydrogen-bond donors (Lipinski definition) is 0. The van der Waals surface area contributed by atoms with Crippen LogP contribution < -0.4 is 0 Å². The van der Waals surface area contributed by atoms with E-state index in [1.807, 2.05) is 0 Å². The molecule has 2 aromatic carbocycles. The van der Waals surface area contributed by atoms with Crippen molar-refractivity contribution in [1.29, 1.82) is 0 Å².